The average molecular weight is 348 g/mol. The van der Waals surface area contributed by atoms with E-state index >= 15 is 0 Å². The Morgan fingerprint density at radius 3 is 2.04 bits per heavy atom. The first-order valence-electron chi connectivity index (χ1n) is 7.76. The molecule has 0 fully saturated rings. The standard InChI is InChI=1S/C19H21FO5/c1-22-16-10-14(11-17(23-2)19(16)24-3)6-9-18(21)25-12-13-4-7-15(20)8-5-13/h4-5,7-8,10-11H,6,9,12H2,1-3H3. The van der Waals surface area contributed by atoms with Crippen LogP contribution in [0.25, 0.3) is 0 Å². The van der Waals surface area contributed by atoms with E-state index in [1.807, 2.05) is 0 Å². The van der Waals surface area contributed by atoms with Gasteiger partial charge in [0.15, 0.2) is 11.5 Å². The van der Waals surface area contributed by atoms with E-state index in [1.54, 1.807) is 24.3 Å². The molecule has 0 saturated heterocycles. The van der Waals surface area contributed by atoms with Gasteiger partial charge in [0, 0.05) is 6.42 Å². The van der Waals surface area contributed by atoms with Crippen LogP contribution in [0.1, 0.15) is 17.5 Å². The van der Waals surface area contributed by atoms with Crippen molar-refractivity contribution in [3.63, 3.8) is 0 Å². The van der Waals surface area contributed by atoms with Crippen molar-refractivity contribution in [1.82, 2.24) is 0 Å². The average Bonchev–Trinajstić information content (AvgIpc) is 2.64. The molecule has 2 aromatic rings. The van der Waals surface area contributed by atoms with Gasteiger partial charge in [0.25, 0.3) is 0 Å². The summed E-state index contributed by atoms with van der Waals surface area (Å²) in [5.74, 6) is 0.927. The first-order chi connectivity index (χ1) is 12.1. The Labute approximate surface area is 146 Å². The molecule has 0 spiro atoms. The van der Waals surface area contributed by atoms with Gasteiger partial charge in [-0.15, -0.1) is 0 Å². The quantitative estimate of drug-likeness (QED) is 0.683. The Morgan fingerprint density at radius 1 is 0.920 bits per heavy atom. The van der Waals surface area contributed by atoms with E-state index in [9.17, 15) is 9.18 Å². The molecule has 2 aromatic carbocycles. The molecule has 25 heavy (non-hydrogen) atoms. The summed E-state index contributed by atoms with van der Waals surface area (Å²) >= 11 is 0. The summed E-state index contributed by atoms with van der Waals surface area (Å²) in [4.78, 5) is 11.9. The highest BCUT2D eigenvalue weighted by Gasteiger charge is 2.14. The van der Waals surface area contributed by atoms with Gasteiger partial charge in [0.2, 0.25) is 5.75 Å². The highest BCUT2D eigenvalue weighted by molar-refractivity contribution is 5.70. The van der Waals surface area contributed by atoms with Crippen LogP contribution in [-0.4, -0.2) is 27.3 Å². The van der Waals surface area contributed by atoms with Crippen molar-refractivity contribution < 1.29 is 28.1 Å². The first kappa shape index (κ1) is 18.6. The van der Waals surface area contributed by atoms with Crippen molar-refractivity contribution in [1.29, 1.82) is 0 Å². The van der Waals surface area contributed by atoms with E-state index in [0.717, 1.165) is 11.1 Å². The predicted molar refractivity (Wildman–Crippen MR) is 90.6 cm³/mol. The number of halogens is 1. The number of aryl methyl sites for hydroxylation is 1. The number of hydrogen-bond donors (Lipinski definition) is 0. The molecule has 0 aromatic heterocycles. The van der Waals surface area contributed by atoms with Crippen LogP contribution in [0.15, 0.2) is 36.4 Å². The molecule has 2 rings (SSSR count). The van der Waals surface area contributed by atoms with E-state index in [4.69, 9.17) is 18.9 Å². The molecule has 0 atom stereocenters. The third kappa shape index (κ3) is 5.11. The number of esters is 1. The molecule has 0 heterocycles. The van der Waals surface area contributed by atoms with Gasteiger partial charge in [0.1, 0.15) is 12.4 Å². The third-order valence-corrected chi connectivity index (χ3v) is 3.66. The summed E-state index contributed by atoms with van der Waals surface area (Å²) < 4.78 is 33.9. The maximum Gasteiger partial charge on any atom is 0.306 e. The van der Waals surface area contributed by atoms with Crippen molar-refractivity contribution in [2.75, 3.05) is 21.3 Å². The monoisotopic (exact) mass is 348 g/mol. The lowest BCUT2D eigenvalue weighted by molar-refractivity contribution is -0.144. The summed E-state index contributed by atoms with van der Waals surface area (Å²) in [6, 6.07) is 9.44. The van der Waals surface area contributed by atoms with Gasteiger partial charge < -0.3 is 18.9 Å². The summed E-state index contributed by atoms with van der Waals surface area (Å²) in [6.07, 6.45) is 0.679. The number of carbonyl (C=O) groups excluding carboxylic acids is 1. The highest BCUT2D eigenvalue weighted by atomic mass is 19.1. The van der Waals surface area contributed by atoms with Crippen molar-refractivity contribution in [3.8, 4) is 17.2 Å². The predicted octanol–water partition coefficient (Wildman–Crippen LogP) is 3.53. The fourth-order valence-corrected chi connectivity index (χ4v) is 2.34. The van der Waals surface area contributed by atoms with Crippen LogP contribution in [0.3, 0.4) is 0 Å². The summed E-state index contributed by atoms with van der Waals surface area (Å²) in [6.45, 7) is 0.119. The topological polar surface area (TPSA) is 54.0 Å². The van der Waals surface area contributed by atoms with Crippen LogP contribution in [-0.2, 0) is 22.6 Å². The van der Waals surface area contributed by atoms with E-state index in [0.29, 0.717) is 23.7 Å². The van der Waals surface area contributed by atoms with Crippen LogP contribution >= 0.6 is 0 Å². The Morgan fingerprint density at radius 2 is 1.52 bits per heavy atom. The van der Waals surface area contributed by atoms with Gasteiger partial charge in [-0.05, 0) is 41.8 Å². The molecule has 0 aliphatic heterocycles. The SMILES string of the molecule is COc1cc(CCC(=O)OCc2ccc(F)cc2)cc(OC)c1OC. The Balaban J connectivity index is 1.93. The number of ether oxygens (including phenoxy) is 4. The van der Waals surface area contributed by atoms with Crippen LogP contribution in [0, 0.1) is 5.82 Å². The van der Waals surface area contributed by atoms with E-state index in [-0.39, 0.29) is 24.8 Å². The normalized spacial score (nSPS) is 10.2. The van der Waals surface area contributed by atoms with Crippen LogP contribution in [0.2, 0.25) is 0 Å². The molecule has 0 amide bonds. The summed E-state index contributed by atoms with van der Waals surface area (Å²) in [5.41, 5.74) is 1.61. The zero-order chi connectivity index (χ0) is 18.2. The highest BCUT2D eigenvalue weighted by Crippen LogP contribution is 2.38. The fourth-order valence-electron chi connectivity index (χ4n) is 2.34. The van der Waals surface area contributed by atoms with Gasteiger partial charge in [-0.1, -0.05) is 12.1 Å². The molecule has 0 aliphatic rings. The molecule has 0 bridgehead atoms. The fraction of sp³-hybridized carbons (Fsp3) is 0.316. The number of methoxy groups -OCH3 is 3. The van der Waals surface area contributed by atoms with Crippen LogP contribution < -0.4 is 14.2 Å². The van der Waals surface area contributed by atoms with Crippen LogP contribution in [0.5, 0.6) is 17.2 Å². The molecule has 6 heteroatoms. The van der Waals surface area contributed by atoms with Gasteiger partial charge in [-0.2, -0.15) is 0 Å². The van der Waals surface area contributed by atoms with E-state index in [1.165, 1.54) is 33.5 Å². The number of rotatable bonds is 8. The first-order valence-corrected chi connectivity index (χ1v) is 7.76. The second kappa shape index (κ2) is 8.92. The number of benzene rings is 2. The van der Waals surface area contributed by atoms with Crippen molar-refractivity contribution in [2.45, 2.75) is 19.4 Å². The molecule has 0 aliphatic carbocycles. The molecular weight excluding hydrogens is 327 g/mol. The molecular formula is C19H21FO5. The molecule has 5 nitrogen and oxygen atoms in total. The summed E-state index contributed by atoms with van der Waals surface area (Å²) in [7, 11) is 4.61. The van der Waals surface area contributed by atoms with E-state index < -0.39 is 0 Å². The minimum absolute atomic E-state index is 0.119. The zero-order valence-electron chi connectivity index (χ0n) is 14.5. The van der Waals surface area contributed by atoms with E-state index in [2.05, 4.69) is 0 Å². The second-order valence-electron chi connectivity index (χ2n) is 5.32. The van der Waals surface area contributed by atoms with Gasteiger partial charge >= 0.3 is 5.97 Å². The minimum atomic E-state index is -0.335. The maximum atomic E-state index is 12.8. The molecule has 0 radical (unpaired) electrons. The molecule has 134 valence electrons. The van der Waals surface area contributed by atoms with Gasteiger partial charge in [-0.3, -0.25) is 4.79 Å². The molecule has 0 saturated carbocycles. The Bertz CT molecular complexity index is 687. The summed E-state index contributed by atoms with van der Waals surface area (Å²) in [5, 5.41) is 0. The maximum absolute atomic E-state index is 12.8. The lowest BCUT2D eigenvalue weighted by Gasteiger charge is -2.14. The van der Waals surface area contributed by atoms with Gasteiger partial charge in [-0.25, -0.2) is 4.39 Å². The Hall–Kier alpha value is -2.76. The van der Waals surface area contributed by atoms with Crippen molar-refractivity contribution in [3.05, 3.63) is 53.3 Å². The van der Waals surface area contributed by atoms with Crippen molar-refractivity contribution in [2.24, 2.45) is 0 Å². The number of carbonyl (C=O) groups is 1. The lowest BCUT2D eigenvalue weighted by atomic mass is 10.1. The van der Waals surface area contributed by atoms with Crippen molar-refractivity contribution >= 4 is 5.97 Å². The largest absolute Gasteiger partial charge is 0.493 e. The molecule has 0 unspecified atom stereocenters. The number of hydrogen-bond acceptors (Lipinski definition) is 5. The smallest absolute Gasteiger partial charge is 0.306 e. The third-order valence-electron chi connectivity index (χ3n) is 3.66. The van der Waals surface area contributed by atoms with Crippen LogP contribution in [0.4, 0.5) is 4.39 Å². The van der Waals surface area contributed by atoms with Gasteiger partial charge in [0.05, 0.1) is 21.3 Å². The lowest BCUT2D eigenvalue weighted by Crippen LogP contribution is -2.06. The molecule has 0 N–H and O–H groups in total. The Kier molecular flexibility index (Phi) is 6.62. The minimum Gasteiger partial charge on any atom is -0.493 e. The second-order valence-corrected chi connectivity index (χ2v) is 5.32. The zero-order valence-corrected chi connectivity index (χ0v) is 14.5.